The molecule has 3 aromatic rings. The topological polar surface area (TPSA) is 95.7 Å². The third-order valence-corrected chi connectivity index (χ3v) is 5.96. The number of likely N-dealkylation sites (tertiary alicyclic amines) is 1. The molecule has 2 aromatic carbocycles. The number of aromatic amines is 1. The van der Waals surface area contributed by atoms with Crippen molar-refractivity contribution in [2.24, 2.45) is 0 Å². The predicted molar refractivity (Wildman–Crippen MR) is 134 cm³/mol. The van der Waals surface area contributed by atoms with Gasteiger partial charge in [0, 0.05) is 18.5 Å². The first-order valence-electron chi connectivity index (χ1n) is 11.9. The molecule has 1 unspecified atom stereocenters. The van der Waals surface area contributed by atoms with Crippen LogP contribution >= 0.6 is 0 Å². The molecule has 0 saturated carbocycles. The van der Waals surface area contributed by atoms with Crippen LogP contribution < -0.4 is 14.0 Å². The number of benzene rings is 2. The number of nitrogens with one attached hydrogen (secondary N) is 1. The van der Waals surface area contributed by atoms with E-state index in [2.05, 4.69) is 11.6 Å². The molecule has 8 nitrogen and oxygen atoms in total. The van der Waals surface area contributed by atoms with Crippen LogP contribution in [0.15, 0.2) is 85.5 Å². The summed E-state index contributed by atoms with van der Waals surface area (Å²) in [5, 5.41) is 11.2. The van der Waals surface area contributed by atoms with Gasteiger partial charge in [-0.2, -0.15) is 0 Å². The molecule has 0 bridgehead atoms. The van der Waals surface area contributed by atoms with Crippen LogP contribution in [0.3, 0.4) is 0 Å². The van der Waals surface area contributed by atoms with E-state index in [4.69, 9.17) is 9.47 Å². The molecule has 4 rings (SSSR count). The van der Waals surface area contributed by atoms with Crippen molar-refractivity contribution in [2.45, 2.75) is 25.9 Å². The maximum Gasteiger partial charge on any atom is 0.295 e. The molecule has 1 saturated heterocycles. The normalized spacial score (nSPS) is 16.8. The highest BCUT2D eigenvalue weighted by atomic mass is 16.5. The molecule has 0 aliphatic carbocycles. The molecule has 0 radical (unpaired) electrons. The van der Waals surface area contributed by atoms with Crippen molar-refractivity contribution in [2.75, 3.05) is 19.8 Å². The van der Waals surface area contributed by atoms with Gasteiger partial charge in [0.15, 0.2) is 0 Å². The Balaban J connectivity index is 1.69. The molecule has 8 heteroatoms. The van der Waals surface area contributed by atoms with Gasteiger partial charge >= 0.3 is 0 Å². The van der Waals surface area contributed by atoms with Gasteiger partial charge < -0.3 is 19.5 Å². The molecule has 1 fully saturated rings. The van der Waals surface area contributed by atoms with Crippen LogP contribution in [0.4, 0.5) is 0 Å². The van der Waals surface area contributed by atoms with Crippen molar-refractivity contribution in [1.29, 1.82) is 0 Å². The molecular weight excluding hydrogens is 458 g/mol. The van der Waals surface area contributed by atoms with Crippen molar-refractivity contribution in [3.05, 3.63) is 96.6 Å². The highest BCUT2D eigenvalue weighted by molar-refractivity contribution is 6.46. The second kappa shape index (κ2) is 11.4. The fourth-order valence-electron chi connectivity index (χ4n) is 4.27. The van der Waals surface area contributed by atoms with E-state index in [0.717, 1.165) is 0 Å². The lowest BCUT2D eigenvalue weighted by Gasteiger charge is -2.25. The molecule has 1 amide bonds. The third kappa shape index (κ3) is 5.33. The molecule has 1 aliphatic rings. The molecule has 1 atom stereocenters. The van der Waals surface area contributed by atoms with Crippen molar-refractivity contribution < 1.29 is 28.7 Å². The maximum absolute atomic E-state index is 13.2. The van der Waals surface area contributed by atoms with Gasteiger partial charge in [-0.25, -0.2) is 4.57 Å². The summed E-state index contributed by atoms with van der Waals surface area (Å²) in [7, 11) is 0. The Labute approximate surface area is 210 Å². The Morgan fingerprint density at radius 2 is 1.81 bits per heavy atom. The van der Waals surface area contributed by atoms with E-state index in [9.17, 15) is 14.7 Å². The first-order chi connectivity index (χ1) is 17.5. The number of ketones is 1. The van der Waals surface area contributed by atoms with Gasteiger partial charge in [-0.15, -0.1) is 0 Å². The van der Waals surface area contributed by atoms with E-state index in [1.807, 2.05) is 42.3 Å². The number of hydrogen-bond acceptors (Lipinski definition) is 5. The number of carbonyl (C=O) groups is 2. The van der Waals surface area contributed by atoms with Gasteiger partial charge in [0.2, 0.25) is 6.33 Å². The van der Waals surface area contributed by atoms with E-state index in [0.29, 0.717) is 55.4 Å². The Morgan fingerprint density at radius 1 is 1.11 bits per heavy atom. The lowest BCUT2D eigenvalue weighted by Crippen LogP contribution is -2.36. The van der Waals surface area contributed by atoms with E-state index in [1.54, 1.807) is 42.5 Å². The van der Waals surface area contributed by atoms with Gasteiger partial charge in [-0.3, -0.25) is 14.6 Å². The van der Waals surface area contributed by atoms with Crippen LogP contribution in [0.1, 0.15) is 30.5 Å². The van der Waals surface area contributed by atoms with Crippen LogP contribution in [0.5, 0.6) is 11.5 Å². The lowest BCUT2D eigenvalue weighted by molar-refractivity contribution is -0.695. The minimum atomic E-state index is -0.721. The van der Waals surface area contributed by atoms with Gasteiger partial charge in [0.05, 0.1) is 24.8 Å². The summed E-state index contributed by atoms with van der Waals surface area (Å²) in [5.74, 6) is -0.239. The quantitative estimate of drug-likeness (QED) is 0.141. The molecule has 1 aliphatic heterocycles. The van der Waals surface area contributed by atoms with E-state index in [1.165, 1.54) is 4.90 Å². The SMILES string of the molecule is C=CCOc1ccc(C2C(=C(O)c3ccc(OCC)cc3)C(=O)C(=O)N2CCC[n+]2cc[nH]c2)cc1. The highest BCUT2D eigenvalue weighted by Gasteiger charge is 2.45. The molecular formula is C28H30N3O5+. The van der Waals surface area contributed by atoms with Crippen LogP contribution in [0.2, 0.25) is 0 Å². The smallest absolute Gasteiger partial charge is 0.295 e. The summed E-state index contributed by atoms with van der Waals surface area (Å²) in [6.07, 6.45) is 7.84. The van der Waals surface area contributed by atoms with Crippen molar-refractivity contribution in [3.8, 4) is 11.5 Å². The van der Waals surface area contributed by atoms with Gasteiger partial charge in [-0.1, -0.05) is 24.8 Å². The number of ether oxygens (including phenoxy) is 2. The molecule has 2 heterocycles. The van der Waals surface area contributed by atoms with Gasteiger partial charge in [0.25, 0.3) is 11.7 Å². The lowest BCUT2D eigenvalue weighted by atomic mass is 9.95. The van der Waals surface area contributed by atoms with Crippen LogP contribution in [-0.2, 0) is 16.1 Å². The predicted octanol–water partition coefficient (Wildman–Crippen LogP) is 3.78. The number of H-pyrrole nitrogens is 1. The van der Waals surface area contributed by atoms with Crippen LogP contribution in [-0.4, -0.2) is 46.4 Å². The largest absolute Gasteiger partial charge is 0.507 e. The number of amides is 1. The number of Topliss-reactive ketones (excluding diaryl/α,β-unsaturated/α-hetero) is 1. The van der Waals surface area contributed by atoms with Crippen LogP contribution in [0, 0.1) is 0 Å². The molecule has 186 valence electrons. The third-order valence-electron chi connectivity index (χ3n) is 5.96. The number of nitrogens with zero attached hydrogens (tertiary/aromatic N) is 2. The average molecular weight is 489 g/mol. The van der Waals surface area contributed by atoms with Crippen molar-refractivity contribution >= 4 is 17.4 Å². The fourth-order valence-corrected chi connectivity index (χ4v) is 4.27. The second-order valence-corrected chi connectivity index (χ2v) is 8.32. The zero-order chi connectivity index (χ0) is 25.5. The summed E-state index contributed by atoms with van der Waals surface area (Å²) >= 11 is 0. The zero-order valence-electron chi connectivity index (χ0n) is 20.2. The number of imidazole rings is 1. The summed E-state index contributed by atoms with van der Waals surface area (Å²) in [6.45, 7) is 7.45. The summed E-state index contributed by atoms with van der Waals surface area (Å²) in [5.41, 5.74) is 1.22. The van der Waals surface area contributed by atoms with E-state index in [-0.39, 0.29) is 11.3 Å². The van der Waals surface area contributed by atoms with Crippen LogP contribution in [0.25, 0.3) is 5.76 Å². The first kappa shape index (κ1) is 24.8. The van der Waals surface area contributed by atoms with Gasteiger partial charge in [0.1, 0.15) is 36.3 Å². The number of aliphatic hydroxyl groups is 1. The molecule has 0 spiro atoms. The maximum atomic E-state index is 13.2. The molecule has 1 aromatic heterocycles. The molecule has 2 N–H and O–H groups in total. The monoisotopic (exact) mass is 488 g/mol. The number of aliphatic hydroxyl groups excluding tert-OH is 1. The van der Waals surface area contributed by atoms with E-state index >= 15 is 0 Å². The fraction of sp³-hybridized carbons (Fsp3) is 0.250. The Kier molecular flexibility index (Phi) is 7.85. The van der Waals surface area contributed by atoms with Gasteiger partial charge in [-0.05, 0) is 48.9 Å². The zero-order valence-corrected chi connectivity index (χ0v) is 20.2. The Bertz CT molecular complexity index is 1230. The standard InChI is InChI=1S/C28H29N3O5/c1-3-18-36-23-10-6-20(7-11-23)25-24(26(32)21-8-12-22(13-9-21)35-4-2)27(33)28(34)31(25)16-5-15-30-17-14-29-19-30/h3,6-14,17,19,25H,1,4-5,15-16,18H2,2H3,(H,32,33)/p+1. The number of aryl methyl sites for hydroxylation is 1. The number of aromatic nitrogens is 2. The Morgan fingerprint density at radius 3 is 2.44 bits per heavy atom. The minimum absolute atomic E-state index is 0.0678. The Hall–Kier alpha value is -4.33. The first-order valence-corrected chi connectivity index (χ1v) is 11.9. The minimum Gasteiger partial charge on any atom is -0.507 e. The highest BCUT2D eigenvalue weighted by Crippen LogP contribution is 2.40. The summed E-state index contributed by atoms with van der Waals surface area (Å²) < 4.78 is 13.0. The number of carbonyl (C=O) groups excluding carboxylic acids is 2. The van der Waals surface area contributed by atoms with Crippen molar-refractivity contribution in [1.82, 2.24) is 9.88 Å². The summed E-state index contributed by atoms with van der Waals surface area (Å²) in [6, 6.07) is 13.3. The van der Waals surface area contributed by atoms with E-state index < -0.39 is 17.7 Å². The summed E-state index contributed by atoms with van der Waals surface area (Å²) in [4.78, 5) is 30.9. The second-order valence-electron chi connectivity index (χ2n) is 8.32. The average Bonchev–Trinajstić information content (AvgIpc) is 3.50. The molecule has 36 heavy (non-hydrogen) atoms. The number of rotatable bonds is 11. The van der Waals surface area contributed by atoms with Crippen molar-refractivity contribution in [3.63, 3.8) is 0 Å². The number of hydrogen-bond donors (Lipinski definition) is 2.